The molecular weight excluding hydrogens is 267 g/mol. The normalized spacial score (nSPS) is 10.4. The van der Waals surface area contributed by atoms with Gasteiger partial charge < -0.3 is 10.6 Å². The number of hydrogen-bond donors (Lipinski definition) is 2. The summed E-state index contributed by atoms with van der Waals surface area (Å²) in [6.45, 7) is 5.57. The van der Waals surface area contributed by atoms with Crippen LogP contribution in [0.15, 0.2) is 30.3 Å². The molecule has 0 atom stereocenters. The fraction of sp³-hybridized carbons (Fsp3) is 0.375. The summed E-state index contributed by atoms with van der Waals surface area (Å²) < 4.78 is 12.9. The summed E-state index contributed by atoms with van der Waals surface area (Å²) in [6, 6.07) is 8.35. The van der Waals surface area contributed by atoms with Crippen LogP contribution < -0.4 is 10.6 Å². The lowest BCUT2D eigenvalue weighted by molar-refractivity contribution is 0.627. The van der Waals surface area contributed by atoms with Crippen molar-refractivity contribution in [2.45, 2.75) is 33.2 Å². The molecule has 0 bridgehead atoms. The highest BCUT2D eigenvalue weighted by Crippen LogP contribution is 2.14. The molecule has 0 saturated carbocycles. The molecule has 1 aromatic carbocycles. The van der Waals surface area contributed by atoms with Crippen molar-refractivity contribution in [1.29, 1.82) is 0 Å². The Balaban J connectivity index is 2.08. The zero-order chi connectivity index (χ0) is 15.1. The van der Waals surface area contributed by atoms with Gasteiger partial charge in [0.1, 0.15) is 23.3 Å². The van der Waals surface area contributed by atoms with E-state index >= 15 is 0 Å². The summed E-state index contributed by atoms with van der Waals surface area (Å²) in [5, 5.41) is 6.48. The first-order valence-electron chi connectivity index (χ1n) is 7.31. The van der Waals surface area contributed by atoms with Gasteiger partial charge in [0.05, 0.1) is 0 Å². The SMILES string of the molecule is CCCc1nc(NCC)cc(NCc2ccc(F)cc2)n1. The summed E-state index contributed by atoms with van der Waals surface area (Å²) in [5.74, 6) is 2.23. The molecule has 0 amide bonds. The fourth-order valence-corrected chi connectivity index (χ4v) is 1.99. The van der Waals surface area contributed by atoms with Gasteiger partial charge in [0.15, 0.2) is 0 Å². The highest BCUT2D eigenvalue weighted by molar-refractivity contribution is 5.47. The van der Waals surface area contributed by atoms with Gasteiger partial charge in [-0.05, 0) is 31.0 Å². The molecule has 0 saturated heterocycles. The van der Waals surface area contributed by atoms with Crippen LogP contribution in [0.4, 0.5) is 16.0 Å². The minimum absolute atomic E-state index is 0.222. The smallest absolute Gasteiger partial charge is 0.133 e. The van der Waals surface area contributed by atoms with Crippen molar-refractivity contribution in [1.82, 2.24) is 9.97 Å². The Labute approximate surface area is 124 Å². The molecule has 21 heavy (non-hydrogen) atoms. The maximum atomic E-state index is 12.9. The van der Waals surface area contributed by atoms with Gasteiger partial charge >= 0.3 is 0 Å². The average Bonchev–Trinajstić information content (AvgIpc) is 2.47. The van der Waals surface area contributed by atoms with Crippen LogP contribution in [-0.2, 0) is 13.0 Å². The van der Waals surface area contributed by atoms with Crippen molar-refractivity contribution < 1.29 is 4.39 Å². The topological polar surface area (TPSA) is 49.8 Å². The largest absolute Gasteiger partial charge is 0.370 e. The van der Waals surface area contributed by atoms with Gasteiger partial charge in [-0.1, -0.05) is 19.1 Å². The van der Waals surface area contributed by atoms with Crippen LogP contribution in [0.5, 0.6) is 0 Å². The molecule has 0 radical (unpaired) electrons. The minimum Gasteiger partial charge on any atom is -0.370 e. The highest BCUT2D eigenvalue weighted by atomic mass is 19.1. The van der Waals surface area contributed by atoms with Crippen molar-refractivity contribution in [3.63, 3.8) is 0 Å². The van der Waals surface area contributed by atoms with E-state index < -0.39 is 0 Å². The van der Waals surface area contributed by atoms with Crippen LogP contribution in [0.1, 0.15) is 31.7 Å². The van der Waals surface area contributed by atoms with Gasteiger partial charge in [-0.25, -0.2) is 14.4 Å². The lowest BCUT2D eigenvalue weighted by Crippen LogP contribution is -2.08. The molecule has 0 aliphatic rings. The first kappa shape index (κ1) is 15.2. The van der Waals surface area contributed by atoms with Gasteiger partial charge in [0, 0.05) is 25.6 Å². The molecule has 0 fully saturated rings. The van der Waals surface area contributed by atoms with Crippen molar-refractivity contribution >= 4 is 11.6 Å². The number of anilines is 2. The fourth-order valence-electron chi connectivity index (χ4n) is 1.99. The number of nitrogens with one attached hydrogen (secondary N) is 2. The van der Waals surface area contributed by atoms with E-state index in [0.29, 0.717) is 6.54 Å². The Morgan fingerprint density at radius 1 is 1.00 bits per heavy atom. The summed E-state index contributed by atoms with van der Waals surface area (Å²) in [6.07, 6.45) is 1.86. The van der Waals surface area contributed by atoms with Crippen LogP contribution >= 0.6 is 0 Å². The van der Waals surface area contributed by atoms with E-state index in [1.165, 1.54) is 12.1 Å². The predicted octanol–water partition coefficient (Wildman–Crippen LogP) is 3.61. The molecule has 1 aromatic heterocycles. The first-order valence-corrected chi connectivity index (χ1v) is 7.31. The van der Waals surface area contributed by atoms with Gasteiger partial charge in [0.25, 0.3) is 0 Å². The second-order valence-electron chi connectivity index (χ2n) is 4.82. The molecule has 0 unspecified atom stereocenters. The van der Waals surface area contributed by atoms with Gasteiger partial charge in [0.2, 0.25) is 0 Å². The van der Waals surface area contributed by atoms with Crippen molar-refractivity contribution in [2.24, 2.45) is 0 Å². The number of benzene rings is 1. The summed E-state index contributed by atoms with van der Waals surface area (Å²) in [7, 11) is 0. The lowest BCUT2D eigenvalue weighted by Gasteiger charge is -2.10. The van der Waals surface area contributed by atoms with E-state index in [-0.39, 0.29) is 5.82 Å². The lowest BCUT2D eigenvalue weighted by atomic mass is 10.2. The third-order valence-electron chi connectivity index (χ3n) is 2.99. The Morgan fingerprint density at radius 3 is 2.29 bits per heavy atom. The maximum absolute atomic E-state index is 12.9. The molecule has 0 aliphatic heterocycles. The van der Waals surface area contributed by atoms with Crippen LogP contribution in [0.25, 0.3) is 0 Å². The first-order chi connectivity index (χ1) is 10.2. The number of aromatic nitrogens is 2. The van der Waals surface area contributed by atoms with E-state index in [1.54, 1.807) is 12.1 Å². The standard InChI is InChI=1S/C16H21FN4/c1-3-5-14-20-15(18-4-2)10-16(21-14)19-11-12-6-8-13(17)9-7-12/h6-10H,3-5,11H2,1-2H3,(H2,18,19,20,21). The number of hydrogen-bond acceptors (Lipinski definition) is 4. The van der Waals surface area contributed by atoms with Gasteiger partial charge in [-0.3, -0.25) is 0 Å². The van der Waals surface area contributed by atoms with Crippen molar-refractivity contribution in [3.8, 4) is 0 Å². The Kier molecular flexibility index (Phi) is 5.49. The maximum Gasteiger partial charge on any atom is 0.133 e. The Hall–Kier alpha value is -2.17. The highest BCUT2D eigenvalue weighted by Gasteiger charge is 2.04. The van der Waals surface area contributed by atoms with Crippen LogP contribution in [0.3, 0.4) is 0 Å². The second-order valence-corrected chi connectivity index (χ2v) is 4.82. The molecule has 2 rings (SSSR count). The summed E-state index contributed by atoms with van der Waals surface area (Å²) in [4.78, 5) is 8.97. The number of halogens is 1. The van der Waals surface area contributed by atoms with E-state index in [4.69, 9.17) is 0 Å². The molecule has 1 heterocycles. The summed E-state index contributed by atoms with van der Waals surface area (Å²) in [5.41, 5.74) is 1.01. The van der Waals surface area contributed by atoms with E-state index in [2.05, 4.69) is 27.5 Å². The van der Waals surface area contributed by atoms with Crippen LogP contribution in [-0.4, -0.2) is 16.5 Å². The monoisotopic (exact) mass is 288 g/mol. The minimum atomic E-state index is -0.222. The molecule has 4 nitrogen and oxygen atoms in total. The number of rotatable bonds is 7. The van der Waals surface area contributed by atoms with E-state index in [9.17, 15) is 4.39 Å². The predicted molar refractivity (Wildman–Crippen MR) is 83.9 cm³/mol. The summed E-state index contributed by atoms with van der Waals surface area (Å²) >= 11 is 0. The molecular formula is C16H21FN4. The Morgan fingerprint density at radius 2 is 1.67 bits per heavy atom. The number of nitrogens with zero attached hydrogens (tertiary/aromatic N) is 2. The van der Waals surface area contributed by atoms with Crippen LogP contribution in [0.2, 0.25) is 0 Å². The third-order valence-corrected chi connectivity index (χ3v) is 2.99. The second kappa shape index (κ2) is 7.57. The van der Waals surface area contributed by atoms with Crippen molar-refractivity contribution in [2.75, 3.05) is 17.2 Å². The van der Waals surface area contributed by atoms with Crippen molar-refractivity contribution in [3.05, 3.63) is 47.5 Å². The number of aryl methyl sites for hydroxylation is 1. The van der Waals surface area contributed by atoms with Crippen LogP contribution in [0, 0.1) is 5.82 Å². The molecule has 2 aromatic rings. The Bertz CT molecular complexity index is 545. The van der Waals surface area contributed by atoms with Gasteiger partial charge in [-0.2, -0.15) is 0 Å². The molecule has 5 heteroatoms. The zero-order valence-corrected chi connectivity index (χ0v) is 12.5. The van der Waals surface area contributed by atoms with Gasteiger partial charge in [-0.15, -0.1) is 0 Å². The quantitative estimate of drug-likeness (QED) is 0.817. The average molecular weight is 288 g/mol. The van der Waals surface area contributed by atoms with E-state index in [0.717, 1.165) is 42.4 Å². The molecule has 112 valence electrons. The third kappa shape index (κ3) is 4.70. The van der Waals surface area contributed by atoms with E-state index in [1.807, 2.05) is 13.0 Å². The molecule has 0 spiro atoms. The molecule has 2 N–H and O–H groups in total. The molecule has 0 aliphatic carbocycles. The zero-order valence-electron chi connectivity index (χ0n) is 12.5.